The SMILES string of the molecule is O=C1CC(N2CCCN(CCO)CC2)C(=O)N1. The third kappa shape index (κ3) is 3.02. The molecule has 2 fully saturated rings. The van der Waals surface area contributed by atoms with Crippen molar-refractivity contribution in [3.05, 3.63) is 0 Å². The van der Waals surface area contributed by atoms with Crippen molar-refractivity contribution in [1.29, 1.82) is 0 Å². The molecule has 1 unspecified atom stereocenters. The van der Waals surface area contributed by atoms with Crippen LogP contribution < -0.4 is 5.32 Å². The van der Waals surface area contributed by atoms with Gasteiger partial charge in [-0.2, -0.15) is 0 Å². The van der Waals surface area contributed by atoms with E-state index in [9.17, 15) is 9.59 Å². The number of aliphatic hydroxyl groups excluding tert-OH is 1. The van der Waals surface area contributed by atoms with Gasteiger partial charge in [-0.1, -0.05) is 0 Å². The van der Waals surface area contributed by atoms with E-state index in [1.807, 2.05) is 0 Å². The molecule has 0 aromatic carbocycles. The fourth-order valence-corrected chi connectivity index (χ4v) is 2.50. The summed E-state index contributed by atoms with van der Waals surface area (Å²) in [5, 5.41) is 11.2. The largest absolute Gasteiger partial charge is 0.395 e. The first-order chi connectivity index (χ1) is 8.20. The summed E-state index contributed by atoms with van der Waals surface area (Å²) in [5.41, 5.74) is 0. The van der Waals surface area contributed by atoms with Gasteiger partial charge in [-0.3, -0.25) is 24.7 Å². The molecule has 6 nitrogen and oxygen atoms in total. The van der Waals surface area contributed by atoms with Crippen molar-refractivity contribution in [3.8, 4) is 0 Å². The maximum absolute atomic E-state index is 11.6. The molecule has 1 atom stereocenters. The predicted molar refractivity (Wildman–Crippen MR) is 61.3 cm³/mol. The Balaban J connectivity index is 1.90. The summed E-state index contributed by atoms with van der Waals surface area (Å²) in [6.07, 6.45) is 1.26. The molecule has 2 heterocycles. The molecule has 17 heavy (non-hydrogen) atoms. The van der Waals surface area contributed by atoms with E-state index in [0.29, 0.717) is 13.0 Å². The second-order valence-electron chi connectivity index (χ2n) is 4.59. The Morgan fingerprint density at radius 3 is 2.71 bits per heavy atom. The molecule has 0 aliphatic carbocycles. The molecule has 2 N–H and O–H groups in total. The first-order valence-corrected chi connectivity index (χ1v) is 6.11. The van der Waals surface area contributed by atoms with Crippen molar-refractivity contribution in [2.45, 2.75) is 18.9 Å². The minimum absolute atomic E-state index is 0.161. The summed E-state index contributed by atoms with van der Waals surface area (Å²) >= 11 is 0. The number of hydrogen-bond acceptors (Lipinski definition) is 5. The van der Waals surface area contributed by atoms with Crippen LogP contribution in [0.1, 0.15) is 12.8 Å². The molecule has 96 valence electrons. The molecule has 2 amide bonds. The number of imide groups is 1. The number of carbonyl (C=O) groups is 2. The van der Waals surface area contributed by atoms with E-state index in [4.69, 9.17) is 5.11 Å². The molecule has 0 saturated carbocycles. The number of nitrogens with zero attached hydrogens (tertiary/aromatic N) is 2. The molecule has 0 spiro atoms. The Morgan fingerprint density at radius 2 is 2.06 bits per heavy atom. The number of amides is 2. The monoisotopic (exact) mass is 241 g/mol. The fourth-order valence-electron chi connectivity index (χ4n) is 2.50. The quantitative estimate of drug-likeness (QED) is 0.582. The van der Waals surface area contributed by atoms with Crippen LogP contribution in [-0.4, -0.2) is 72.1 Å². The molecule has 2 aliphatic rings. The van der Waals surface area contributed by atoms with Gasteiger partial charge in [0.2, 0.25) is 11.8 Å². The van der Waals surface area contributed by atoms with Gasteiger partial charge < -0.3 is 5.11 Å². The molecule has 2 aliphatic heterocycles. The smallest absolute Gasteiger partial charge is 0.244 e. The van der Waals surface area contributed by atoms with Crippen LogP contribution in [0.2, 0.25) is 0 Å². The Bertz CT molecular complexity index is 308. The molecule has 0 radical (unpaired) electrons. The van der Waals surface area contributed by atoms with Gasteiger partial charge in [0, 0.05) is 26.2 Å². The number of β-amino-alcohol motifs (C(OH)–C–C–N with tert-alkyl or cyclic N) is 1. The zero-order valence-corrected chi connectivity index (χ0v) is 9.89. The highest BCUT2D eigenvalue weighted by Gasteiger charge is 2.35. The second-order valence-corrected chi connectivity index (χ2v) is 4.59. The normalized spacial score (nSPS) is 28.2. The van der Waals surface area contributed by atoms with E-state index in [0.717, 1.165) is 32.6 Å². The van der Waals surface area contributed by atoms with Gasteiger partial charge in [0.05, 0.1) is 19.1 Å². The van der Waals surface area contributed by atoms with E-state index in [2.05, 4.69) is 15.1 Å². The van der Waals surface area contributed by atoms with Crippen molar-refractivity contribution in [2.75, 3.05) is 39.3 Å². The zero-order valence-electron chi connectivity index (χ0n) is 9.89. The van der Waals surface area contributed by atoms with Gasteiger partial charge in [0.15, 0.2) is 0 Å². The highest BCUT2D eigenvalue weighted by molar-refractivity contribution is 6.05. The number of nitrogens with one attached hydrogen (secondary N) is 1. The Kier molecular flexibility index (Phi) is 4.09. The van der Waals surface area contributed by atoms with Crippen LogP contribution in [0, 0.1) is 0 Å². The second kappa shape index (κ2) is 5.57. The standard InChI is InChI=1S/C11H19N3O3/c15-7-6-13-2-1-3-14(5-4-13)9-8-10(16)12-11(9)17/h9,15H,1-8H2,(H,12,16,17). The average Bonchev–Trinajstić information content (AvgIpc) is 2.52. The highest BCUT2D eigenvalue weighted by atomic mass is 16.3. The van der Waals surface area contributed by atoms with Crippen LogP contribution in [0.5, 0.6) is 0 Å². The summed E-state index contributed by atoms with van der Waals surface area (Å²) in [6.45, 7) is 4.27. The maximum Gasteiger partial charge on any atom is 0.244 e. The van der Waals surface area contributed by atoms with Crippen molar-refractivity contribution in [3.63, 3.8) is 0 Å². The third-order valence-electron chi connectivity index (χ3n) is 3.42. The molecule has 2 rings (SSSR count). The number of rotatable bonds is 3. The fraction of sp³-hybridized carbons (Fsp3) is 0.818. The first kappa shape index (κ1) is 12.5. The maximum atomic E-state index is 11.6. The minimum atomic E-state index is -0.281. The van der Waals surface area contributed by atoms with E-state index in [-0.39, 0.29) is 24.5 Å². The minimum Gasteiger partial charge on any atom is -0.395 e. The Labute approximate surface area is 101 Å². The summed E-state index contributed by atoms with van der Waals surface area (Å²) in [7, 11) is 0. The van der Waals surface area contributed by atoms with E-state index < -0.39 is 0 Å². The van der Waals surface area contributed by atoms with Crippen molar-refractivity contribution in [2.24, 2.45) is 0 Å². The van der Waals surface area contributed by atoms with Gasteiger partial charge in [0.25, 0.3) is 0 Å². The van der Waals surface area contributed by atoms with Crippen LogP contribution in [0.3, 0.4) is 0 Å². The third-order valence-corrected chi connectivity index (χ3v) is 3.42. The lowest BCUT2D eigenvalue weighted by Crippen LogP contribution is -2.42. The summed E-state index contributed by atoms with van der Waals surface area (Å²) in [6, 6.07) is -0.281. The van der Waals surface area contributed by atoms with Crippen molar-refractivity contribution < 1.29 is 14.7 Å². The average molecular weight is 241 g/mol. The van der Waals surface area contributed by atoms with Crippen LogP contribution in [0.15, 0.2) is 0 Å². The lowest BCUT2D eigenvalue weighted by atomic mass is 10.2. The lowest BCUT2D eigenvalue weighted by molar-refractivity contribution is -0.126. The van der Waals surface area contributed by atoms with Crippen LogP contribution >= 0.6 is 0 Å². The zero-order chi connectivity index (χ0) is 12.3. The molecule has 2 saturated heterocycles. The topological polar surface area (TPSA) is 72.9 Å². The number of hydrogen-bond donors (Lipinski definition) is 2. The van der Waals surface area contributed by atoms with Crippen LogP contribution in [0.4, 0.5) is 0 Å². The van der Waals surface area contributed by atoms with E-state index >= 15 is 0 Å². The van der Waals surface area contributed by atoms with Crippen LogP contribution in [-0.2, 0) is 9.59 Å². The van der Waals surface area contributed by atoms with Gasteiger partial charge in [-0.05, 0) is 13.0 Å². The first-order valence-electron chi connectivity index (χ1n) is 6.11. The molecule has 0 aromatic heterocycles. The van der Waals surface area contributed by atoms with Gasteiger partial charge in [0.1, 0.15) is 0 Å². The van der Waals surface area contributed by atoms with E-state index in [1.165, 1.54) is 0 Å². The number of aliphatic hydroxyl groups is 1. The Morgan fingerprint density at radius 1 is 1.24 bits per heavy atom. The van der Waals surface area contributed by atoms with Crippen molar-refractivity contribution >= 4 is 11.8 Å². The van der Waals surface area contributed by atoms with Crippen LogP contribution in [0.25, 0.3) is 0 Å². The number of carbonyl (C=O) groups excluding carboxylic acids is 2. The van der Waals surface area contributed by atoms with Gasteiger partial charge >= 0.3 is 0 Å². The summed E-state index contributed by atoms with van der Waals surface area (Å²) < 4.78 is 0. The molecule has 6 heteroatoms. The summed E-state index contributed by atoms with van der Waals surface area (Å²) in [4.78, 5) is 27.0. The lowest BCUT2D eigenvalue weighted by Gasteiger charge is -2.24. The van der Waals surface area contributed by atoms with Crippen molar-refractivity contribution in [1.82, 2.24) is 15.1 Å². The van der Waals surface area contributed by atoms with Gasteiger partial charge in [-0.15, -0.1) is 0 Å². The molecular weight excluding hydrogens is 222 g/mol. The van der Waals surface area contributed by atoms with Gasteiger partial charge in [-0.25, -0.2) is 0 Å². The highest BCUT2D eigenvalue weighted by Crippen LogP contribution is 2.13. The Hall–Kier alpha value is -0.980. The molecular formula is C11H19N3O3. The predicted octanol–water partition coefficient (Wildman–Crippen LogP) is -1.60. The molecule has 0 aromatic rings. The molecule has 0 bridgehead atoms. The van der Waals surface area contributed by atoms with E-state index in [1.54, 1.807) is 0 Å². The summed E-state index contributed by atoms with van der Waals surface area (Å²) in [5.74, 6) is -0.331.